The number of benzene rings is 1. The molecule has 1 N–H and O–H groups in total. The molecule has 66 valence electrons. The van der Waals surface area contributed by atoms with Crippen LogP contribution in [0.2, 0.25) is 5.02 Å². The highest BCUT2D eigenvalue weighted by atomic mass is 127. The van der Waals surface area contributed by atoms with Crippen molar-refractivity contribution in [3.8, 4) is 0 Å². The predicted molar refractivity (Wildman–Crippen MR) is 62.9 cm³/mol. The zero-order valence-electron chi connectivity index (χ0n) is 6.90. The molecule has 0 bridgehead atoms. The largest absolute Gasteiger partial charge is 0.384 e. The van der Waals surface area contributed by atoms with Gasteiger partial charge < -0.3 is 5.32 Å². The zero-order valence-corrected chi connectivity index (χ0v) is 9.82. The van der Waals surface area contributed by atoms with E-state index >= 15 is 0 Å². The van der Waals surface area contributed by atoms with E-state index < -0.39 is 0 Å². The molecule has 0 heterocycles. The average Bonchev–Trinajstić information content (AvgIpc) is 2.07. The first-order valence-corrected chi connectivity index (χ1v) is 5.38. The van der Waals surface area contributed by atoms with Crippen molar-refractivity contribution >= 4 is 39.9 Å². The third-order valence-corrected chi connectivity index (χ3v) is 2.67. The molecule has 1 aromatic rings. The van der Waals surface area contributed by atoms with E-state index in [9.17, 15) is 0 Å². The first-order valence-electron chi connectivity index (χ1n) is 3.93. The van der Waals surface area contributed by atoms with E-state index in [0.29, 0.717) is 0 Å². The average molecular weight is 296 g/mol. The standard InChI is InChI=1S/C9H11ClIN/c1-2-5-12-9-6-7(10)3-4-8(9)11/h3-4,6,12H,2,5H2,1H3. The van der Waals surface area contributed by atoms with Crippen LogP contribution < -0.4 is 5.32 Å². The summed E-state index contributed by atoms with van der Waals surface area (Å²) in [7, 11) is 0. The summed E-state index contributed by atoms with van der Waals surface area (Å²) in [6, 6.07) is 5.88. The van der Waals surface area contributed by atoms with E-state index in [0.717, 1.165) is 23.7 Å². The van der Waals surface area contributed by atoms with Crippen LogP contribution >= 0.6 is 34.2 Å². The minimum atomic E-state index is 0.786. The van der Waals surface area contributed by atoms with Crippen LogP contribution in [-0.2, 0) is 0 Å². The minimum Gasteiger partial charge on any atom is -0.384 e. The normalized spacial score (nSPS) is 9.92. The van der Waals surface area contributed by atoms with Crippen molar-refractivity contribution in [3.63, 3.8) is 0 Å². The molecule has 0 aliphatic rings. The molecule has 12 heavy (non-hydrogen) atoms. The van der Waals surface area contributed by atoms with E-state index in [-0.39, 0.29) is 0 Å². The van der Waals surface area contributed by atoms with Gasteiger partial charge in [-0.2, -0.15) is 0 Å². The molecule has 0 atom stereocenters. The summed E-state index contributed by atoms with van der Waals surface area (Å²) in [5.74, 6) is 0. The molecule has 0 unspecified atom stereocenters. The van der Waals surface area contributed by atoms with Gasteiger partial charge >= 0.3 is 0 Å². The highest BCUT2D eigenvalue weighted by molar-refractivity contribution is 14.1. The van der Waals surface area contributed by atoms with Crippen molar-refractivity contribution in [1.29, 1.82) is 0 Å². The van der Waals surface area contributed by atoms with Crippen molar-refractivity contribution < 1.29 is 0 Å². The Morgan fingerprint density at radius 1 is 1.50 bits per heavy atom. The summed E-state index contributed by atoms with van der Waals surface area (Å²) in [6.07, 6.45) is 1.13. The smallest absolute Gasteiger partial charge is 0.0490 e. The van der Waals surface area contributed by atoms with Gasteiger partial charge in [0.2, 0.25) is 0 Å². The Labute approximate surface area is 91.6 Å². The van der Waals surface area contributed by atoms with Gasteiger partial charge in [0.05, 0.1) is 0 Å². The van der Waals surface area contributed by atoms with Gasteiger partial charge in [0.25, 0.3) is 0 Å². The van der Waals surface area contributed by atoms with Crippen LogP contribution in [0.4, 0.5) is 5.69 Å². The lowest BCUT2D eigenvalue weighted by Gasteiger charge is -2.06. The Bertz CT molecular complexity index is 263. The lowest BCUT2D eigenvalue weighted by molar-refractivity contribution is 0.978. The number of halogens is 2. The van der Waals surface area contributed by atoms with Gasteiger partial charge in [0.15, 0.2) is 0 Å². The summed E-state index contributed by atoms with van der Waals surface area (Å²) in [5, 5.41) is 4.10. The van der Waals surface area contributed by atoms with Gasteiger partial charge in [-0.3, -0.25) is 0 Å². The lowest BCUT2D eigenvalue weighted by Crippen LogP contribution is -2.00. The van der Waals surface area contributed by atoms with E-state index in [1.165, 1.54) is 3.57 Å². The molecule has 1 rings (SSSR count). The van der Waals surface area contributed by atoms with E-state index in [4.69, 9.17) is 11.6 Å². The van der Waals surface area contributed by atoms with Gasteiger partial charge in [0.1, 0.15) is 0 Å². The highest BCUT2D eigenvalue weighted by Gasteiger charge is 1.98. The van der Waals surface area contributed by atoms with E-state index in [2.05, 4.69) is 34.8 Å². The topological polar surface area (TPSA) is 12.0 Å². The first kappa shape index (κ1) is 10.1. The molecular weight excluding hydrogens is 284 g/mol. The fourth-order valence-corrected chi connectivity index (χ4v) is 1.59. The maximum atomic E-state index is 5.85. The van der Waals surface area contributed by atoms with Crippen LogP contribution in [0.3, 0.4) is 0 Å². The van der Waals surface area contributed by atoms with Crippen LogP contribution in [0.25, 0.3) is 0 Å². The maximum absolute atomic E-state index is 5.85. The van der Waals surface area contributed by atoms with E-state index in [1.807, 2.05) is 18.2 Å². The summed E-state index contributed by atoms with van der Waals surface area (Å²) in [4.78, 5) is 0. The van der Waals surface area contributed by atoms with Crippen molar-refractivity contribution in [2.24, 2.45) is 0 Å². The minimum absolute atomic E-state index is 0.786. The van der Waals surface area contributed by atoms with Crippen molar-refractivity contribution in [2.75, 3.05) is 11.9 Å². The van der Waals surface area contributed by atoms with Gasteiger partial charge in [-0.15, -0.1) is 0 Å². The molecule has 0 saturated heterocycles. The monoisotopic (exact) mass is 295 g/mol. The summed E-state index contributed by atoms with van der Waals surface area (Å²) >= 11 is 8.15. The second-order valence-corrected chi connectivity index (χ2v) is 4.15. The molecule has 0 amide bonds. The number of hydrogen-bond donors (Lipinski definition) is 1. The van der Waals surface area contributed by atoms with Crippen molar-refractivity contribution in [2.45, 2.75) is 13.3 Å². The summed E-state index contributed by atoms with van der Waals surface area (Å²) in [6.45, 7) is 3.14. The van der Waals surface area contributed by atoms with Crippen LogP contribution in [-0.4, -0.2) is 6.54 Å². The Hall–Kier alpha value is 0.0400. The number of rotatable bonds is 3. The molecule has 0 aliphatic heterocycles. The third-order valence-electron chi connectivity index (χ3n) is 1.49. The van der Waals surface area contributed by atoms with Gasteiger partial charge in [-0.1, -0.05) is 18.5 Å². The number of hydrogen-bond acceptors (Lipinski definition) is 1. The zero-order chi connectivity index (χ0) is 8.97. The van der Waals surface area contributed by atoms with Crippen LogP contribution in [0.5, 0.6) is 0 Å². The first-order chi connectivity index (χ1) is 5.74. The molecule has 0 fully saturated rings. The SMILES string of the molecule is CCCNc1cc(Cl)ccc1I. The number of anilines is 1. The molecule has 1 nitrogen and oxygen atoms in total. The van der Waals surface area contributed by atoms with Crippen LogP contribution in [0, 0.1) is 3.57 Å². The Morgan fingerprint density at radius 3 is 2.92 bits per heavy atom. The van der Waals surface area contributed by atoms with Crippen molar-refractivity contribution in [1.82, 2.24) is 0 Å². The summed E-state index contributed by atoms with van der Waals surface area (Å²) in [5.41, 5.74) is 1.13. The Morgan fingerprint density at radius 2 is 2.25 bits per heavy atom. The van der Waals surface area contributed by atoms with Crippen LogP contribution in [0.1, 0.15) is 13.3 Å². The fraction of sp³-hybridized carbons (Fsp3) is 0.333. The van der Waals surface area contributed by atoms with E-state index in [1.54, 1.807) is 0 Å². The molecule has 0 radical (unpaired) electrons. The molecule has 1 aromatic carbocycles. The highest BCUT2D eigenvalue weighted by Crippen LogP contribution is 2.22. The summed E-state index contributed by atoms with van der Waals surface area (Å²) < 4.78 is 1.21. The van der Waals surface area contributed by atoms with Crippen molar-refractivity contribution in [3.05, 3.63) is 26.8 Å². The quantitative estimate of drug-likeness (QED) is 0.837. The van der Waals surface area contributed by atoms with Gasteiger partial charge in [0, 0.05) is 20.8 Å². The number of nitrogens with one attached hydrogen (secondary N) is 1. The molecule has 3 heteroatoms. The maximum Gasteiger partial charge on any atom is 0.0490 e. The molecule has 0 saturated carbocycles. The second kappa shape index (κ2) is 4.92. The van der Waals surface area contributed by atoms with Gasteiger partial charge in [-0.25, -0.2) is 0 Å². The third kappa shape index (κ3) is 2.83. The Kier molecular flexibility index (Phi) is 4.15. The molecule has 0 aromatic heterocycles. The second-order valence-electron chi connectivity index (χ2n) is 2.55. The van der Waals surface area contributed by atoms with Crippen LogP contribution in [0.15, 0.2) is 18.2 Å². The molecule has 0 spiro atoms. The molecule has 0 aliphatic carbocycles. The molecular formula is C9H11ClIN. The Balaban J connectivity index is 2.75. The van der Waals surface area contributed by atoms with Gasteiger partial charge in [-0.05, 0) is 47.2 Å². The lowest BCUT2D eigenvalue weighted by atomic mass is 10.3. The fourth-order valence-electron chi connectivity index (χ4n) is 0.893. The predicted octanol–water partition coefficient (Wildman–Crippen LogP) is 3.77.